The Morgan fingerprint density at radius 3 is 2.84 bits per heavy atom. The molecule has 2 amide bonds. The maximum absolute atomic E-state index is 11.7. The maximum atomic E-state index is 11.7. The molecule has 1 atom stereocenters. The zero-order valence-corrected chi connectivity index (χ0v) is 10.9. The minimum absolute atomic E-state index is 0.106. The highest BCUT2D eigenvalue weighted by Crippen LogP contribution is 2.06. The minimum atomic E-state index is -0.509. The highest BCUT2D eigenvalue weighted by molar-refractivity contribution is 6.05. The van der Waals surface area contributed by atoms with Gasteiger partial charge < -0.3 is 10.1 Å². The molecule has 0 spiro atoms. The smallest absolute Gasteiger partial charge is 0.302 e. The van der Waals surface area contributed by atoms with Crippen LogP contribution in [-0.4, -0.2) is 62.7 Å². The molecule has 0 radical (unpaired) electrons. The van der Waals surface area contributed by atoms with Gasteiger partial charge in [0.15, 0.2) is 0 Å². The molecule has 19 heavy (non-hydrogen) atoms. The van der Waals surface area contributed by atoms with E-state index in [2.05, 4.69) is 27.4 Å². The number of hydrogen-bond acceptors (Lipinski definition) is 5. The van der Waals surface area contributed by atoms with E-state index in [0.29, 0.717) is 26.3 Å². The topological polar surface area (TPSA) is 70.7 Å². The molecule has 2 aliphatic heterocycles. The third-order valence-electron chi connectivity index (χ3n) is 3.28. The van der Waals surface area contributed by atoms with Gasteiger partial charge in [0.05, 0.1) is 25.7 Å². The summed E-state index contributed by atoms with van der Waals surface area (Å²) in [6.07, 6.45) is 0.778. The Hall–Kier alpha value is -1.42. The minimum Gasteiger partial charge on any atom is -0.379 e. The van der Waals surface area contributed by atoms with E-state index in [9.17, 15) is 9.59 Å². The summed E-state index contributed by atoms with van der Waals surface area (Å²) in [5, 5.41) is 5.41. The Bertz CT molecular complexity index is 388. The summed E-state index contributed by atoms with van der Waals surface area (Å²) in [5.74, 6) is 4.41. The lowest BCUT2D eigenvalue weighted by atomic mass is 10.1. The molecule has 104 valence electrons. The largest absolute Gasteiger partial charge is 0.379 e. The summed E-state index contributed by atoms with van der Waals surface area (Å²) in [5.41, 5.74) is 0. The molecule has 6 heteroatoms. The number of imide groups is 1. The first-order valence-electron chi connectivity index (χ1n) is 6.60. The molecule has 0 aromatic carbocycles. The zero-order chi connectivity index (χ0) is 13.5. The molecule has 0 aliphatic carbocycles. The quantitative estimate of drug-likeness (QED) is 0.599. The summed E-state index contributed by atoms with van der Waals surface area (Å²) in [6.45, 7) is 5.10. The highest BCUT2D eigenvalue weighted by Gasteiger charge is 2.23. The number of amides is 2. The number of morpholine rings is 1. The van der Waals surface area contributed by atoms with Crippen molar-refractivity contribution in [2.75, 3.05) is 45.9 Å². The molecule has 6 nitrogen and oxygen atoms in total. The van der Waals surface area contributed by atoms with Crippen LogP contribution in [0.3, 0.4) is 0 Å². The van der Waals surface area contributed by atoms with E-state index in [4.69, 9.17) is 4.74 Å². The van der Waals surface area contributed by atoms with Crippen LogP contribution in [-0.2, 0) is 14.3 Å². The standard InChI is InChI=1S/C13H19N3O3/c17-12(15-13(18)11-3-4-14-10-11)2-1-5-16-6-8-19-9-7-16/h11,14H,3-10H2,(H,15,17,18). The molecule has 0 saturated carbocycles. The molecule has 2 rings (SSSR count). The molecule has 2 saturated heterocycles. The zero-order valence-electron chi connectivity index (χ0n) is 10.9. The van der Waals surface area contributed by atoms with Gasteiger partial charge in [-0.05, 0) is 18.9 Å². The van der Waals surface area contributed by atoms with Crippen LogP contribution in [0.5, 0.6) is 0 Å². The van der Waals surface area contributed by atoms with Crippen LogP contribution in [0.15, 0.2) is 0 Å². The normalized spacial score (nSPS) is 23.5. The monoisotopic (exact) mass is 265 g/mol. The number of nitrogens with one attached hydrogen (secondary N) is 2. The van der Waals surface area contributed by atoms with Gasteiger partial charge in [-0.3, -0.25) is 19.8 Å². The van der Waals surface area contributed by atoms with E-state index < -0.39 is 5.91 Å². The number of ether oxygens (including phenoxy) is 1. The molecular weight excluding hydrogens is 246 g/mol. The van der Waals surface area contributed by atoms with E-state index >= 15 is 0 Å². The Morgan fingerprint density at radius 1 is 1.37 bits per heavy atom. The van der Waals surface area contributed by atoms with Gasteiger partial charge in [0.2, 0.25) is 5.91 Å². The lowest BCUT2D eigenvalue weighted by molar-refractivity contribution is -0.130. The molecule has 2 heterocycles. The van der Waals surface area contributed by atoms with Gasteiger partial charge in [-0.1, -0.05) is 5.92 Å². The van der Waals surface area contributed by atoms with Crippen molar-refractivity contribution in [3.8, 4) is 11.8 Å². The summed E-state index contributed by atoms with van der Waals surface area (Å²) < 4.78 is 5.22. The number of hydrogen-bond donors (Lipinski definition) is 2. The maximum Gasteiger partial charge on any atom is 0.302 e. The Labute approximate surface area is 112 Å². The number of rotatable bonds is 2. The molecule has 0 aromatic heterocycles. The van der Waals surface area contributed by atoms with E-state index in [1.165, 1.54) is 0 Å². The fraction of sp³-hybridized carbons (Fsp3) is 0.692. The Kier molecular flexibility index (Phi) is 5.33. The third-order valence-corrected chi connectivity index (χ3v) is 3.28. The van der Waals surface area contributed by atoms with Crippen molar-refractivity contribution < 1.29 is 14.3 Å². The fourth-order valence-electron chi connectivity index (χ4n) is 2.11. The van der Waals surface area contributed by atoms with Crippen molar-refractivity contribution in [1.29, 1.82) is 0 Å². The van der Waals surface area contributed by atoms with Crippen LogP contribution in [0.25, 0.3) is 0 Å². The fourth-order valence-corrected chi connectivity index (χ4v) is 2.11. The molecule has 2 N–H and O–H groups in total. The van der Waals surface area contributed by atoms with Crippen LogP contribution < -0.4 is 10.6 Å². The van der Waals surface area contributed by atoms with Crippen molar-refractivity contribution in [3.63, 3.8) is 0 Å². The van der Waals surface area contributed by atoms with Crippen LogP contribution in [0.4, 0.5) is 0 Å². The average molecular weight is 265 g/mol. The van der Waals surface area contributed by atoms with Gasteiger partial charge in [0.1, 0.15) is 0 Å². The Morgan fingerprint density at radius 2 is 2.16 bits per heavy atom. The molecule has 1 unspecified atom stereocenters. The molecule has 0 aromatic rings. The SMILES string of the molecule is O=C(C#CCN1CCOCC1)NC(=O)C1CCNC1. The van der Waals surface area contributed by atoms with E-state index in [0.717, 1.165) is 26.1 Å². The third kappa shape index (κ3) is 4.63. The molecule has 0 bridgehead atoms. The van der Waals surface area contributed by atoms with Crippen molar-refractivity contribution in [2.45, 2.75) is 6.42 Å². The van der Waals surface area contributed by atoms with Crippen LogP contribution in [0, 0.1) is 17.8 Å². The number of nitrogens with zero attached hydrogens (tertiary/aromatic N) is 1. The van der Waals surface area contributed by atoms with Crippen LogP contribution >= 0.6 is 0 Å². The van der Waals surface area contributed by atoms with Gasteiger partial charge in [0.25, 0.3) is 0 Å². The van der Waals surface area contributed by atoms with Crippen molar-refractivity contribution in [3.05, 3.63) is 0 Å². The second-order valence-electron chi connectivity index (χ2n) is 4.70. The predicted molar refractivity (Wildman–Crippen MR) is 69.2 cm³/mol. The van der Waals surface area contributed by atoms with Gasteiger partial charge >= 0.3 is 5.91 Å². The van der Waals surface area contributed by atoms with Crippen molar-refractivity contribution in [2.24, 2.45) is 5.92 Å². The summed E-state index contributed by atoms with van der Waals surface area (Å²) >= 11 is 0. The highest BCUT2D eigenvalue weighted by atomic mass is 16.5. The second-order valence-corrected chi connectivity index (χ2v) is 4.70. The van der Waals surface area contributed by atoms with Crippen LogP contribution in [0.1, 0.15) is 6.42 Å². The molecule has 2 aliphatic rings. The second kappa shape index (κ2) is 7.24. The van der Waals surface area contributed by atoms with E-state index in [1.807, 2.05) is 0 Å². The first-order valence-corrected chi connectivity index (χ1v) is 6.60. The molecule has 2 fully saturated rings. The van der Waals surface area contributed by atoms with E-state index in [-0.39, 0.29) is 11.8 Å². The first-order chi connectivity index (χ1) is 9.25. The summed E-state index contributed by atoms with van der Waals surface area (Å²) in [6, 6.07) is 0. The lowest BCUT2D eigenvalue weighted by Crippen LogP contribution is -2.37. The van der Waals surface area contributed by atoms with Gasteiger partial charge in [-0.15, -0.1) is 0 Å². The summed E-state index contributed by atoms with van der Waals surface area (Å²) in [7, 11) is 0. The number of carbonyl (C=O) groups is 2. The van der Waals surface area contributed by atoms with E-state index in [1.54, 1.807) is 0 Å². The summed E-state index contributed by atoms with van der Waals surface area (Å²) in [4.78, 5) is 25.3. The van der Waals surface area contributed by atoms with Crippen LogP contribution in [0.2, 0.25) is 0 Å². The van der Waals surface area contributed by atoms with Crippen molar-refractivity contribution in [1.82, 2.24) is 15.5 Å². The molecular formula is C13H19N3O3. The van der Waals surface area contributed by atoms with Gasteiger partial charge in [0, 0.05) is 19.6 Å². The first kappa shape index (κ1) is 14.0. The lowest BCUT2D eigenvalue weighted by Gasteiger charge is -2.24. The van der Waals surface area contributed by atoms with Gasteiger partial charge in [-0.2, -0.15) is 0 Å². The van der Waals surface area contributed by atoms with Crippen molar-refractivity contribution >= 4 is 11.8 Å². The predicted octanol–water partition coefficient (Wildman–Crippen LogP) is -1.43. The number of carbonyl (C=O) groups excluding carboxylic acids is 2. The Balaban J connectivity index is 1.69. The van der Waals surface area contributed by atoms with Gasteiger partial charge in [-0.25, -0.2) is 0 Å². The average Bonchev–Trinajstić information content (AvgIpc) is 2.94.